The minimum Gasteiger partial charge on any atom is -0.333 e. The molecule has 0 aliphatic carbocycles. The van der Waals surface area contributed by atoms with Crippen LogP contribution in [0.2, 0.25) is 0 Å². The van der Waals surface area contributed by atoms with E-state index in [4.69, 9.17) is 4.98 Å². The largest absolute Gasteiger partial charge is 0.333 e. The molecule has 0 radical (unpaired) electrons. The molecule has 0 bridgehead atoms. The second-order valence-corrected chi connectivity index (χ2v) is 7.35. The summed E-state index contributed by atoms with van der Waals surface area (Å²) in [6, 6.07) is 11.2. The van der Waals surface area contributed by atoms with Gasteiger partial charge in [-0.05, 0) is 61.6 Å². The summed E-state index contributed by atoms with van der Waals surface area (Å²) in [5.41, 5.74) is 2.20. The maximum Gasteiger partial charge on any atom is 0.223 e. The summed E-state index contributed by atoms with van der Waals surface area (Å²) >= 11 is 0. The average Bonchev–Trinajstić information content (AvgIpc) is 3.05. The number of carbonyl (C=O) groups excluding carboxylic acids is 1. The number of nitrogens with zero attached hydrogens (tertiary/aromatic N) is 3. The summed E-state index contributed by atoms with van der Waals surface area (Å²) in [6.07, 6.45) is 3.18. The third-order valence-corrected chi connectivity index (χ3v) is 5.56. The highest BCUT2D eigenvalue weighted by Crippen LogP contribution is 2.32. The number of aryl methyl sites for hydroxylation is 2. The Hall–Kier alpha value is -2.76. The topological polar surface area (TPSA) is 38.1 Å². The Morgan fingerprint density at radius 3 is 2.82 bits per heavy atom. The number of carbonyl (C=O) groups is 1. The molecule has 3 aromatic rings. The Labute approximate surface area is 162 Å². The number of likely N-dealkylation sites (tertiary alicyclic amines) is 1. The van der Waals surface area contributed by atoms with Crippen molar-refractivity contribution in [3.8, 4) is 0 Å². The second kappa shape index (κ2) is 7.70. The first kappa shape index (κ1) is 18.6. The Balaban J connectivity index is 1.55. The molecular formula is C22H23F2N3O. The van der Waals surface area contributed by atoms with E-state index in [1.54, 1.807) is 0 Å². The van der Waals surface area contributed by atoms with Gasteiger partial charge in [0.15, 0.2) is 0 Å². The van der Waals surface area contributed by atoms with Gasteiger partial charge in [-0.3, -0.25) is 4.79 Å². The van der Waals surface area contributed by atoms with Crippen molar-refractivity contribution in [1.29, 1.82) is 0 Å². The maximum absolute atomic E-state index is 13.9. The van der Waals surface area contributed by atoms with Crippen LogP contribution >= 0.6 is 0 Å². The molecule has 146 valence electrons. The van der Waals surface area contributed by atoms with E-state index in [1.165, 1.54) is 6.07 Å². The lowest BCUT2D eigenvalue weighted by Gasteiger charge is -2.35. The highest BCUT2D eigenvalue weighted by molar-refractivity contribution is 5.78. The molecule has 1 aromatic heterocycles. The highest BCUT2D eigenvalue weighted by Gasteiger charge is 2.31. The summed E-state index contributed by atoms with van der Waals surface area (Å²) < 4.78 is 29.3. The molecule has 1 atom stereocenters. The maximum atomic E-state index is 13.9. The van der Waals surface area contributed by atoms with Gasteiger partial charge < -0.3 is 9.47 Å². The van der Waals surface area contributed by atoms with Crippen molar-refractivity contribution in [1.82, 2.24) is 14.5 Å². The zero-order valence-electron chi connectivity index (χ0n) is 15.9. The molecule has 0 spiro atoms. The lowest BCUT2D eigenvalue weighted by atomic mass is 10.00. The van der Waals surface area contributed by atoms with Gasteiger partial charge in [-0.1, -0.05) is 12.1 Å². The quantitative estimate of drug-likeness (QED) is 0.664. The number of halogens is 2. The number of fused-ring (bicyclic) bond motifs is 1. The first-order chi connectivity index (χ1) is 13.5. The van der Waals surface area contributed by atoms with Crippen LogP contribution in [-0.2, 0) is 18.3 Å². The number of benzene rings is 2. The van der Waals surface area contributed by atoms with Gasteiger partial charge in [0.05, 0.1) is 17.1 Å². The number of imidazole rings is 1. The van der Waals surface area contributed by atoms with E-state index in [9.17, 15) is 13.6 Å². The van der Waals surface area contributed by atoms with Crippen LogP contribution in [0, 0.1) is 11.6 Å². The minimum absolute atomic E-state index is 0.0413. The summed E-state index contributed by atoms with van der Waals surface area (Å²) in [5.74, 6) is -0.120. The first-order valence-corrected chi connectivity index (χ1v) is 9.69. The summed E-state index contributed by atoms with van der Waals surface area (Å²) in [5, 5.41) is 0. The number of para-hydroxylation sites is 2. The number of amides is 1. The van der Waals surface area contributed by atoms with E-state index in [1.807, 2.05) is 36.2 Å². The zero-order chi connectivity index (χ0) is 19.7. The fraction of sp³-hybridized carbons (Fsp3) is 0.364. The molecule has 4 rings (SSSR count). The number of hydrogen-bond donors (Lipinski definition) is 0. The minimum atomic E-state index is -0.487. The molecule has 0 N–H and O–H groups in total. The summed E-state index contributed by atoms with van der Waals surface area (Å²) in [7, 11) is 1.98. The molecule has 1 fully saturated rings. The van der Waals surface area contributed by atoms with Crippen molar-refractivity contribution in [3.05, 3.63) is 65.5 Å². The normalized spacial score (nSPS) is 17.2. The van der Waals surface area contributed by atoms with E-state index in [0.29, 0.717) is 6.54 Å². The van der Waals surface area contributed by atoms with E-state index < -0.39 is 11.6 Å². The van der Waals surface area contributed by atoms with Crippen LogP contribution < -0.4 is 0 Å². The number of aromatic nitrogens is 2. The van der Waals surface area contributed by atoms with Gasteiger partial charge in [0.1, 0.15) is 17.5 Å². The molecule has 0 unspecified atom stereocenters. The molecule has 6 heteroatoms. The van der Waals surface area contributed by atoms with E-state index in [0.717, 1.165) is 48.3 Å². The van der Waals surface area contributed by atoms with Gasteiger partial charge in [0, 0.05) is 20.0 Å². The molecule has 1 aliphatic heterocycles. The second-order valence-electron chi connectivity index (χ2n) is 7.35. The Bertz CT molecular complexity index is 1010. The number of piperidine rings is 1. The van der Waals surface area contributed by atoms with E-state index >= 15 is 0 Å². The molecule has 1 saturated heterocycles. The van der Waals surface area contributed by atoms with Crippen LogP contribution in [0.5, 0.6) is 0 Å². The highest BCUT2D eigenvalue weighted by atomic mass is 19.1. The molecule has 4 nitrogen and oxygen atoms in total. The van der Waals surface area contributed by atoms with Crippen LogP contribution in [0.25, 0.3) is 11.0 Å². The van der Waals surface area contributed by atoms with Crippen molar-refractivity contribution >= 4 is 16.9 Å². The van der Waals surface area contributed by atoms with Gasteiger partial charge in [-0.2, -0.15) is 0 Å². The van der Waals surface area contributed by atoms with Crippen LogP contribution in [-0.4, -0.2) is 26.9 Å². The molecule has 0 saturated carbocycles. The van der Waals surface area contributed by atoms with E-state index in [2.05, 4.69) is 4.57 Å². The molecule has 1 amide bonds. The fourth-order valence-electron chi connectivity index (χ4n) is 4.08. The smallest absolute Gasteiger partial charge is 0.223 e. The van der Waals surface area contributed by atoms with Crippen LogP contribution in [0.15, 0.2) is 42.5 Å². The standard InChI is InChI=1S/C22H23F2N3O/c1-26-19-7-3-2-6-18(19)25-22(26)20-8-4-5-13-27(20)21(28)12-9-15-14-16(23)10-11-17(15)24/h2-3,6-7,10-11,14,20H,4-5,8-9,12-13H2,1H3/t20-/m0/s1. The first-order valence-electron chi connectivity index (χ1n) is 9.69. The van der Waals surface area contributed by atoms with Crippen molar-refractivity contribution in [2.24, 2.45) is 7.05 Å². The summed E-state index contributed by atoms with van der Waals surface area (Å²) in [4.78, 5) is 19.6. The van der Waals surface area contributed by atoms with Crippen molar-refractivity contribution in [2.45, 2.75) is 38.1 Å². The SMILES string of the molecule is Cn1c([C@@H]2CCCCN2C(=O)CCc2cc(F)ccc2F)nc2ccccc21. The van der Waals surface area contributed by atoms with Crippen molar-refractivity contribution in [2.75, 3.05) is 6.54 Å². The van der Waals surface area contributed by atoms with E-state index in [-0.39, 0.29) is 30.4 Å². The van der Waals surface area contributed by atoms with Crippen LogP contribution in [0.3, 0.4) is 0 Å². The molecule has 28 heavy (non-hydrogen) atoms. The van der Waals surface area contributed by atoms with Gasteiger partial charge in [-0.25, -0.2) is 13.8 Å². The third kappa shape index (κ3) is 3.51. The monoisotopic (exact) mass is 383 g/mol. The van der Waals surface area contributed by atoms with Crippen LogP contribution in [0.1, 0.15) is 43.1 Å². The average molecular weight is 383 g/mol. The third-order valence-electron chi connectivity index (χ3n) is 5.56. The van der Waals surface area contributed by atoms with Gasteiger partial charge >= 0.3 is 0 Å². The predicted octanol–water partition coefficient (Wildman–Crippen LogP) is 4.54. The predicted molar refractivity (Wildman–Crippen MR) is 104 cm³/mol. The van der Waals surface area contributed by atoms with Gasteiger partial charge in [-0.15, -0.1) is 0 Å². The lowest BCUT2D eigenvalue weighted by molar-refractivity contribution is -0.135. The molecule has 2 heterocycles. The Morgan fingerprint density at radius 2 is 2.00 bits per heavy atom. The van der Waals surface area contributed by atoms with Gasteiger partial charge in [0.25, 0.3) is 0 Å². The van der Waals surface area contributed by atoms with Crippen LogP contribution in [0.4, 0.5) is 8.78 Å². The number of rotatable bonds is 4. The number of hydrogen-bond acceptors (Lipinski definition) is 2. The molecular weight excluding hydrogens is 360 g/mol. The molecule has 2 aromatic carbocycles. The zero-order valence-corrected chi connectivity index (χ0v) is 15.9. The Kier molecular flexibility index (Phi) is 5.11. The molecule has 1 aliphatic rings. The summed E-state index contributed by atoms with van der Waals surface area (Å²) in [6.45, 7) is 0.665. The Morgan fingerprint density at radius 1 is 1.18 bits per heavy atom. The lowest BCUT2D eigenvalue weighted by Crippen LogP contribution is -2.39. The fourth-order valence-corrected chi connectivity index (χ4v) is 4.08. The van der Waals surface area contributed by atoms with Crippen molar-refractivity contribution in [3.63, 3.8) is 0 Å². The van der Waals surface area contributed by atoms with Gasteiger partial charge in [0.2, 0.25) is 5.91 Å². The van der Waals surface area contributed by atoms with Crippen molar-refractivity contribution < 1.29 is 13.6 Å².